The molecule has 1 aromatic heterocycles. The second-order valence-electron chi connectivity index (χ2n) is 6.16. The van der Waals surface area contributed by atoms with Crippen LogP contribution in [0.2, 0.25) is 0 Å². The zero-order valence-corrected chi connectivity index (χ0v) is 16.1. The second kappa shape index (κ2) is 7.48. The van der Waals surface area contributed by atoms with E-state index in [2.05, 4.69) is 15.5 Å². The topological polar surface area (TPSA) is 114 Å². The standard InChI is InChI=1S/C15H21N7O4S/c1-19(2)15(23)20-6-8-21(9-7-20)27(24,25)12-4-5-14(26-3)13(10-12)22-11-16-17-18-22/h4-5,10-11H,6-9H2,1-3H3. The van der Waals surface area contributed by atoms with Crippen molar-refractivity contribution in [3.8, 4) is 11.4 Å². The number of hydrogen-bond donors (Lipinski definition) is 0. The van der Waals surface area contributed by atoms with Crippen LogP contribution in [0.25, 0.3) is 5.69 Å². The first kappa shape index (κ1) is 19.0. The lowest BCUT2D eigenvalue weighted by Crippen LogP contribution is -2.52. The monoisotopic (exact) mass is 395 g/mol. The summed E-state index contributed by atoms with van der Waals surface area (Å²) in [4.78, 5) is 15.2. The largest absolute Gasteiger partial charge is 0.494 e. The van der Waals surface area contributed by atoms with Crippen LogP contribution in [0.5, 0.6) is 5.75 Å². The Kier molecular flexibility index (Phi) is 5.28. The summed E-state index contributed by atoms with van der Waals surface area (Å²) in [6.07, 6.45) is 1.36. The third-order valence-corrected chi connectivity index (χ3v) is 6.17. The summed E-state index contributed by atoms with van der Waals surface area (Å²) in [5, 5.41) is 10.9. The summed E-state index contributed by atoms with van der Waals surface area (Å²) >= 11 is 0. The van der Waals surface area contributed by atoms with Crippen molar-refractivity contribution in [3.63, 3.8) is 0 Å². The minimum atomic E-state index is -3.73. The maximum atomic E-state index is 13.0. The van der Waals surface area contributed by atoms with Crippen LogP contribution in [0.3, 0.4) is 0 Å². The van der Waals surface area contributed by atoms with E-state index in [-0.39, 0.29) is 24.0 Å². The van der Waals surface area contributed by atoms with Gasteiger partial charge in [0.15, 0.2) is 0 Å². The highest BCUT2D eigenvalue weighted by molar-refractivity contribution is 7.89. The minimum Gasteiger partial charge on any atom is -0.494 e. The molecule has 0 N–H and O–H groups in total. The molecule has 0 atom stereocenters. The quantitative estimate of drug-likeness (QED) is 0.696. The van der Waals surface area contributed by atoms with Crippen LogP contribution in [-0.4, -0.2) is 96.1 Å². The summed E-state index contributed by atoms with van der Waals surface area (Å²) in [6, 6.07) is 4.40. The third kappa shape index (κ3) is 3.71. The maximum Gasteiger partial charge on any atom is 0.319 e. The van der Waals surface area contributed by atoms with Gasteiger partial charge in [-0.15, -0.1) is 5.10 Å². The Morgan fingerprint density at radius 2 is 1.89 bits per heavy atom. The van der Waals surface area contributed by atoms with Crippen LogP contribution in [0, 0.1) is 0 Å². The van der Waals surface area contributed by atoms with Crippen molar-refractivity contribution in [2.75, 3.05) is 47.4 Å². The van der Waals surface area contributed by atoms with Gasteiger partial charge in [-0.3, -0.25) is 0 Å². The Morgan fingerprint density at radius 1 is 1.19 bits per heavy atom. The number of nitrogens with zero attached hydrogens (tertiary/aromatic N) is 7. The normalized spacial score (nSPS) is 15.6. The number of piperazine rings is 1. The van der Waals surface area contributed by atoms with E-state index in [0.717, 1.165) is 0 Å². The van der Waals surface area contributed by atoms with Gasteiger partial charge in [-0.25, -0.2) is 13.2 Å². The molecule has 1 saturated heterocycles. The van der Waals surface area contributed by atoms with E-state index in [4.69, 9.17) is 4.74 Å². The van der Waals surface area contributed by atoms with Gasteiger partial charge in [0.05, 0.1) is 12.0 Å². The van der Waals surface area contributed by atoms with Crippen molar-refractivity contribution < 1.29 is 17.9 Å². The van der Waals surface area contributed by atoms with Crippen LogP contribution in [0.4, 0.5) is 4.79 Å². The molecule has 146 valence electrons. The number of sulfonamides is 1. The predicted molar refractivity (Wildman–Crippen MR) is 95.1 cm³/mol. The molecule has 2 heterocycles. The van der Waals surface area contributed by atoms with E-state index in [9.17, 15) is 13.2 Å². The molecule has 0 bridgehead atoms. The van der Waals surface area contributed by atoms with Crippen LogP contribution in [0.15, 0.2) is 29.4 Å². The molecule has 2 aromatic rings. The van der Waals surface area contributed by atoms with Crippen LogP contribution >= 0.6 is 0 Å². The lowest BCUT2D eigenvalue weighted by atomic mass is 10.3. The van der Waals surface area contributed by atoms with Gasteiger partial charge in [0.25, 0.3) is 0 Å². The van der Waals surface area contributed by atoms with E-state index in [1.165, 1.54) is 39.5 Å². The molecule has 0 unspecified atom stereocenters. The molecule has 1 aliphatic rings. The van der Waals surface area contributed by atoms with Gasteiger partial charge in [-0.05, 0) is 28.6 Å². The van der Waals surface area contributed by atoms with E-state index in [1.807, 2.05) is 0 Å². The number of aromatic nitrogens is 4. The Balaban J connectivity index is 1.84. The summed E-state index contributed by atoms with van der Waals surface area (Å²) in [5.41, 5.74) is 0.421. The zero-order valence-electron chi connectivity index (χ0n) is 15.3. The lowest BCUT2D eigenvalue weighted by molar-refractivity contribution is 0.149. The number of urea groups is 1. The number of amides is 2. The van der Waals surface area contributed by atoms with Crippen molar-refractivity contribution >= 4 is 16.1 Å². The molecule has 27 heavy (non-hydrogen) atoms. The Bertz CT molecular complexity index is 906. The molecule has 0 spiro atoms. The first-order chi connectivity index (χ1) is 12.8. The fraction of sp³-hybridized carbons (Fsp3) is 0.467. The summed E-state index contributed by atoms with van der Waals surface area (Å²) < 4.78 is 34.0. The minimum absolute atomic E-state index is 0.112. The van der Waals surface area contributed by atoms with Crippen molar-refractivity contribution in [2.45, 2.75) is 4.90 Å². The SMILES string of the molecule is COc1ccc(S(=O)(=O)N2CCN(C(=O)N(C)C)CC2)cc1-n1cnnn1. The van der Waals surface area contributed by atoms with Gasteiger partial charge in [-0.2, -0.15) is 8.99 Å². The summed E-state index contributed by atoms with van der Waals surface area (Å²) in [6.45, 7) is 1.14. The Labute approximate surface area is 157 Å². The number of tetrazole rings is 1. The highest BCUT2D eigenvalue weighted by atomic mass is 32.2. The Morgan fingerprint density at radius 3 is 2.44 bits per heavy atom. The summed E-state index contributed by atoms with van der Waals surface area (Å²) in [7, 11) is 1.10. The van der Waals surface area contributed by atoms with E-state index < -0.39 is 10.0 Å². The van der Waals surface area contributed by atoms with Crippen molar-refractivity contribution in [1.82, 2.24) is 34.3 Å². The average molecular weight is 395 g/mol. The van der Waals surface area contributed by atoms with E-state index >= 15 is 0 Å². The maximum absolute atomic E-state index is 13.0. The molecule has 0 saturated carbocycles. The van der Waals surface area contributed by atoms with Crippen LogP contribution < -0.4 is 4.74 Å². The fourth-order valence-electron chi connectivity index (χ4n) is 2.83. The van der Waals surface area contributed by atoms with Gasteiger partial charge in [0.2, 0.25) is 10.0 Å². The van der Waals surface area contributed by atoms with Gasteiger partial charge in [0.1, 0.15) is 17.8 Å². The molecular weight excluding hydrogens is 374 g/mol. The lowest BCUT2D eigenvalue weighted by Gasteiger charge is -2.35. The molecule has 0 aliphatic carbocycles. The molecular formula is C15H21N7O4S. The molecule has 3 rings (SSSR count). The van der Waals surface area contributed by atoms with Gasteiger partial charge in [-0.1, -0.05) is 0 Å². The molecule has 0 radical (unpaired) electrons. The highest BCUT2D eigenvalue weighted by Crippen LogP contribution is 2.27. The first-order valence-corrected chi connectivity index (χ1v) is 9.66. The van der Waals surface area contributed by atoms with Gasteiger partial charge < -0.3 is 14.5 Å². The van der Waals surface area contributed by atoms with E-state index in [0.29, 0.717) is 24.5 Å². The number of carbonyl (C=O) groups is 1. The average Bonchev–Trinajstić information content (AvgIpc) is 3.21. The van der Waals surface area contributed by atoms with Gasteiger partial charge in [0, 0.05) is 40.3 Å². The number of methoxy groups -OCH3 is 1. The second-order valence-corrected chi connectivity index (χ2v) is 8.09. The van der Waals surface area contributed by atoms with Crippen LogP contribution in [-0.2, 0) is 10.0 Å². The van der Waals surface area contributed by atoms with Crippen molar-refractivity contribution in [2.24, 2.45) is 0 Å². The molecule has 11 nitrogen and oxygen atoms in total. The number of rotatable bonds is 4. The van der Waals surface area contributed by atoms with E-state index in [1.54, 1.807) is 25.1 Å². The van der Waals surface area contributed by atoms with Crippen LogP contribution in [0.1, 0.15) is 0 Å². The third-order valence-electron chi connectivity index (χ3n) is 4.28. The van der Waals surface area contributed by atoms with Gasteiger partial charge >= 0.3 is 6.03 Å². The Hall–Kier alpha value is -2.73. The number of hydrogen-bond acceptors (Lipinski definition) is 7. The summed E-state index contributed by atoms with van der Waals surface area (Å²) in [5.74, 6) is 0.447. The molecule has 1 aromatic carbocycles. The first-order valence-electron chi connectivity index (χ1n) is 8.22. The number of carbonyl (C=O) groups excluding carboxylic acids is 1. The zero-order chi connectivity index (χ0) is 19.6. The molecule has 1 aliphatic heterocycles. The smallest absolute Gasteiger partial charge is 0.319 e. The predicted octanol–water partition coefficient (Wildman–Crippen LogP) is -0.341. The van der Waals surface area contributed by atoms with Crippen molar-refractivity contribution in [3.05, 3.63) is 24.5 Å². The number of ether oxygens (including phenoxy) is 1. The number of benzene rings is 1. The van der Waals surface area contributed by atoms with Crippen molar-refractivity contribution in [1.29, 1.82) is 0 Å². The highest BCUT2D eigenvalue weighted by Gasteiger charge is 2.31. The fourth-order valence-corrected chi connectivity index (χ4v) is 4.28. The molecule has 12 heteroatoms. The molecule has 2 amide bonds. The molecule has 1 fully saturated rings.